The third-order valence-electron chi connectivity index (χ3n) is 5.54. The first kappa shape index (κ1) is 20.9. The van der Waals surface area contributed by atoms with E-state index in [0.717, 1.165) is 32.1 Å². The Labute approximate surface area is 184 Å². The van der Waals surface area contributed by atoms with Crippen molar-refractivity contribution in [2.24, 2.45) is 0 Å². The average Bonchev–Trinajstić information content (AvgIpc) is 2.99. The molecule has 1 fully saturated rings. The second-order valence-electron chi connectivity index (χ2n) is 7.64. The Bertz CT molecular complexity index is 1080. The Balaban J connectivity index is 1.51. The number of amides is 3. The van der Waals surface area contributed by atoms with Crippen LogP contribution in [0.5, 0.6) is 5.75 Å². The van der Waals surface area contributed by atoms with Crippen LogP contribution in [0.2, 0.25) is 0 Å². The maximum absolute atomic E-state index is 12.9. The fraction of sp³-hybridized carbons (Fsp3) is 0.261. The molecule has 160 valence electrons. The van der Waals surface area contributed by atoms with E-state index >= 15 is 0 Å². The Kier molecular flexibility index (Phi) is 5.95. The van der Waals surface area contributed by atoms with Crippen LogP contribution in [0.3, 0.4) is 0 Å². The highest BCUT2D eigenvalue weighted by Crippen LogP contribution is 2.32. The summed E-state index contributed by atoms with van der Waals surface area (Å²) >= 11 is 6.21. The van der Waals surface area contributed by atoms with Crippen LogP contribution in [-0.2, 0) is 9.59 Å². The molecule has 4 rings (SSSR count). The molecular weight excluding hydrogens is 418 g/mol. The number of imide groups is 1. The van der Waals surface area contributed by atoms with Gasteiger partial charge in [0.05, 0.1) is 5.69 Å². The average molecular weight is 440 g/mol. The van der Waals surface area contributed by atoms with Gasteiger partial charge in [0, 0.05) is 17.3 Å². The summed E-state index contributed by atoms with van der Waals surface area (Å²) in [6, 6.07) is 12.8. The molecule has 2 aromatic carbocycles. The van der Waals surface area contributed by atoms with E-state index < -0.39 is 17.7 Å². The number of carbonyl (C=O) groups excluding carboxylic acids is 3. The lowest BCUT2D eigenvalue weighted by molar-refractivity contribution is -0.140. The molecule has 1 heterocycles. The van der Waals surface area contributed by atoms with Crippen molar-refractivity contribution >= 4 is 40.7 Å². The molecule has 8 heteroatoms. The smallest absolute Gasteiger partial charge is 0.279 e. The zero-order valence-electron chi connectivity index (χ0n) is 16.7. The van der Waals surface area contributed by atoms with E-state index in [4.69, 9.17) is 11.6 Å². The highest BCUT2D eigenvalue weighted by molar-refractivity contribution is 6.48. The van der Waals surface area contributed by atoms with Gasteiger partial charge < -0.3 is 15.7 Å². The molecule has 3 amide bonds. The fourth-order valence-corrected chi connectivity index (χ4v) is 4.17. The van der Waals surface area contributed by atoms with E-state index in [2.05, 4.69) is 10.6 Å². The molecule has 2 aliphatic rings. The van der Waals surface area contributed by atoms with Gasteiger partial charge in [-0.2, -0.15) is 0 Å². The number of aromatic hydroxyl groups is 1. The lowest BCUT2D eigenvalue weighted by Gasteiger charge is -2.29. The normalized spacial score (nSPS) is 17.3. The van der Waals surface area contributed by atoms with Crippen LogP contribution in [0.4, 0.5) is 11.4 Å². The highest BCUT2D eigenvalue weighted by atomic mass is 35.5. The van der Waals surface area contributed by atoms with Gasteiger partial charge >= 0.3 is 0 Å². The molecule has 2 aromatic rings. The summed E-state index contributed by atoms with van der Waals surface area (Å²) in [7, 11) is 0. The molecule has 0 saturated heterocycles. The minimum absolute atomic E-state index is 0.0236. The fourth-order valence-electron chi connectivity index (χ4n) is 3.95. The largest absolute Gasteiger partial charge is 0.506 e. The van der Waals surface area contributed by atoms with Crippen molar-refractivity contribution in [3.8, 4) is 5.75 Å². The van der Waals surface area contributed by atoms with Crippen molar-refractivity contribution in [3.63, 3.8) is 0 Å². The molecule has 1 saturated carbocycles. The third kappa shape index (κ3) is 4.27. The Morgan fingerprint density at radius 1 is 1.00 bits per heavy atom. The zero-order chi connectivity index (χ0) is 22.0. The van der Waals surface area contributed by atoms with Gasteiger partial charge in [0.2, 0.25) is 0 Å². The van der Waals surface area contributed by atoms with Gasteiger partial charge in [-0.3, -0.25) is 19.3 Å². The number of rotatable bonds is 5. The summed E-state index contributed by atoms with van der Waals surface area (Å²) in [5.74, 6) is -1.39. The predicted molar refractivity (Wildman–Crippen MR) is 118 cm³/mol. The molecule has 0 bridgehead atoms. The molecule has 3 N–H and O–H groups in total. The summed E-state index contributed by atoms with van der Waals surface area (Å²) in [5, 5.41) is 15.3. The second kappa shape index (κ2) is 8.81. The third-order valence-corrected chi connectivity index (χ3v) is 5.90. The first-order chi connectivity index (χ1) is 15.0. The molecule has 0 radical (unpaired) electrons. The number of hydrogen-bond donors (Lipinski definition) is 3. The summed E-state index contributed by atoms with van der Waals surface area (Å²) in [6.45, 7) is 0. The quantitative estimate of drug-likeness (QED) is 0.479. The first-order valence-electron chi connectivity index (χ1n) is 10.2. The topological polar surface area (TPSA) is 98.7 Å². The summed E-state index contributed by atoms with van der Waals surface area (Å²) in [5.41, 5.74) is 1.07. The molecular formula is C23H22ClN3O4. The summed E-state index contributed by atoms with van der Waals surface area (Å²) in [6.07, 6.45) is 4.65. The number of nitrogens with zero attached hydrogens (tertiary/aromatic N) is 1. The molecule has 1 aliphatic carbocycles. The van der Waals surface area contributed by atoms with Crippen molar-refractivity contribution in [3.05, 3.63) is 64.8 Å². The predicted octanol–water partition coefficient (Wildman–Crippen LogP) is 4.21. The van der Waals surface area contributed by atoms with Crippen LogP contribution in [0.1, 0.15) is 42.5 Å². The number of nitrogens with one attached hydrogen (secondary N) is 2. The van der Waals surface area contributed by atoms with Gasteiger partial charge in [-0.15, -0.1) is 0 Å². The van der Waals surface area contributed by atoms with E-state index in [0.29, 0.717) is 11.3 Å². The molecule has 1 aliphatic heterocycles. The van der Waals surface area contributed by atoms with Crippen LogP contribution >= 0.6 is 11.6 Å². The maximum atomic E-state index is 12.9. The Morgan fingerprint density at radius 3 is 2.48 bits per heavy atom. The SMILES string of the molecule is O=C(Nc1ccccc1O)c1cccc(NC2=C(Cl)C(=O)N(C3CCCCC3)C2=O)c1. The van der Waals surface area contributed by atoms with E-state index in [1.165, 1.54) is 11.0 Å². The highest BCUT2D eigenvalue weighted by Gasteiger charge is 2.42. The molecule has 31 heavy (non-hydrogen) atoms. The van der Waals surface area contributed by atoms with Crippen LogP contribution < -0.4 is 10.6 Å². The van der Waals surface area contributed by atoms with Crippen LogP contribution in [-0.4, -0.2) is 33.8 Å². The van der Waals surface area contributed by atoms with Gasteiger partial charge in [-0.25, -0.2) is 0 Å². The van der Waals surface area contributed by atoms with E-state index in [1.54, 1.807) is 42.5 Å². The Morgan fingerprint density at radius 2 is 1.74 bits per heavy atom. The monoisotopic (exact) mass is 439 g/mol. The van der Waals surface area contributed by atoms with Crippen LogP contribution in [0.25, 0.3) is 0 Å². The van der Waals surface area contributed by atoms with Gasteiger partial charge in [-0.1, -0.05) is 49.1 Å². The summed E-state index contributed by atoms with van der Waals surface area (Å²) in [4.78, 5) is 39.4. The van der Waals surface area contributed by atoms with E-state index in [9.17, 15) is 19.5 Å². The molecule has 0 atom stereocenters. The number of benzene rings is 2. The van der Waals surface area contributed by atoms with Gasteiger partial charge in [0.1, 0.15) is 16.5 Å². The van der Waals surface area contributed by atoms with Crippen molar-refractivity contribution < 1.29 is 19.5 Å². The van der Waals surface area contributed by atoms with Gasteiger partial charge in [-0.05, 0) is 43.2 Å². The molecule has 0 unspecified atom stereocenters. The van der Waals surface area contributed by atoms with Crippen LogP contribution in [0, 0.1) is 0 Å². The Hall–Kier alpha value is -3.32. The van der Waals surface area contributed by atoms with Gasteiger partial charge in [0.25, 0.3) is 17.7 Å². The van der Waals surface area contributed by atoms with E-state index in [-0.39, 0.29) is 28.2 Å². The zero-order valence-corrected chi connectivity index (χ0v) is 17.5. The van der Waals surface area contributed by atoms with Crippen LogP contribution in [0.15, 0.2) is 59.3 Å². The van der Waals surface area contributed by atoms with Crippen molar-refractivity contribution in [1.82, 2.24) is 4.90 Å². The van der Waals surface area contributed by atoms with Crippen molar-refractivity contribution in [2.45, 2.75) is 38.1 Å². The number of halogens is 1. The number of carbonyl (C=O) groups is 3. The number of phenolic OH excluding ortho intramolecular Hbond substituents is 1. The molecule has 0 aromatic heterocycles. The number of anilines is 2. The van der Waals surface area contributed by atoms with Crippen molar-refractivity contribution in [1.29, 1.82) is 0 Å². The first-order valence-corrected chi connectivity index (χ1v) is 10.6. The molecule has 7 nitrogen and oxygen atoms in total. The van der Waals surface area contributed by atoms with Gasteiger partial charge in [0.15, 0.2) is 0 Å². The lowest BCUT2D eigenvalue weighted by atomic mass is 9.94. The summed E-state index contributed by atoms with van der Waals surface area (Å²) < 4.78 is 0. The standard InChI is InChI=1S/C23H22ClN3O4/c24-19-20(23(31)27(22(19)30)16-9-2-1-3-10-16)25-15-8-6-7-14(13-15)21(29)26-17-11-4-5-12-18(17)28/h4-8,11-13,16,25,28H,1-3,9-10H2,(H,26,29). The minimum Gasteiger partial charge on any atom is -0.506 e. The number of hydrogen-bond acceptors (Lipinski definition) is 5. The maximum Gasteiger partial charge on any atom is 0.279 e. The lowest BCUT2D eigenvalue weighted by Crippen LogP contribution is -2.42. The number of phenols is 1. The van der Waals surface area contributed by atoms with Crippen molar-refractivity contribution in [2.75, 3.05) is 10.6 Å². The minimum atomic E-state index is -0.477. The molecule has 0 spiro atoms. The van der Waals surface area contributed by atoms with E-state index in [1.807, 2.05) is 0 Å². The number of para-hydroxylation sites is 2. The second-order valence-corrected chi connectivity index (χ2v) is 8.02.